The standard InChI is InChI=1S/C15H19N3O2/c1-3-13-16-14(4-2)18(17-13)10-12-8-6-5-7-11(12)9-15(19)20/h5-8H,3-4,9-10H2,1-2H3,(H,19,20). The maximum absolute atomic E-state index is 10.9. The summed E-state index contributed by atoms with van der Waals surface area (Å²) in [5.41, 5.74) is 1.81. The topological polar surface area (TPSA) is 68.0 Å². The van der Waals surface area contributed by atoms with Crippen molar-refractivity contribution in [3.8, 4) is 0 Å². The minimum absolute atomic E-state index is 0.0347. The van der Waals surface area contributed by atoms with Crippen molar-refractivity contribution in [1.82, 2.24) is 14.8 Å². The molecule has 0 unspecified atom stereocenters. The van der Waals surface area contributed by atoms with Gasteiger partial charge in [-0.3, -0.25) is 4.79 Å². The van der Waals surface area contributed by atoms with Crippen molar-refractivity contribution >= 4 is 5.97 Å². The van der Waals surface area contributed by atoms with E-state index >= 15 is 0 Å². The van der Waals surface area contributed by atoms with Crippen LogP contribution in [0, 0.1) is 0 Å². The highest BCUT2D eigenvalue weighted by Gasteiger charge is 2.11. The summed E-state index contributed by atoms with van der Waals surface area (Å²) in [5, 5.41) is 13.4. The third-order valence-electron chi connectivity index (χ3n) is 3.20. The van der Waals surface area contributed by atoms with Crippen LogP contribution in [0.25, 0.3) is 0 Å². The molecule has 0 fully saturated rings. The second kappa shape index (κ2) is 6.32. The van der Waals surface area contributed by atoms with E-state index in [-0.39, 0.29) is 6.42 Å². The molecule has 0 aliphatic heterocycles. The average Bonchev–Trinajstić information content (AvgIpc) is 2.82. The van der Waals surface area contributed by atoms with Gasteiger partial charge in [-0.2, -0.15) is 5.10 Å². The van der Waals surface area contributed by atoms with Crippen LogP contribution in [0.3, 0.4) is 0 Å². The van der Waals surface area contributed by atoms with Gasteiger partial charge in [-0.05, 0) is 11.1 Å². The number of aliphatic carboxylic acids is 1. The van der Waals surface area contributed by atoms with Gasteiger partial charge in [0, 0.05) is 12.8 Å². The highest BCUT2D eigenvalue weighted by atomic mass is 16.4. The molecule has 0 bridgehead atoms. The molecule has 2 rings (SSSR count). The lowest BCUT2D eigenvalue weighted by Crippen LogP contribution is -2.10. The van der Waals surface area contributed by atoms with E-state index in [9.17, 15) is 4.79 Å². The van der Waals surface area contributed by atoms with E-state index in [0.717, 1.165) is 35.6 Å². The summed E-state index contributed by atoms with van der Waals surface area (Å²) in [6, 6.07) is 7.59. The zero-order chi connectivity index (χ0) is 14.5. The van der Waals surface area contributed by atoms with Gasteiger partial charge in [0.2, 0.25) is 0 Å². The largest absolute Gasteiger partial charge is 0.481 e. The van der Waals surface area contributed by atoms with E-state index in [2.05, 4.69) is 10.1 Å². The minimum atomic E-state index is -0.819. The van der Waals surface area contributed by atoms with E-state index < -0.39 is 5.97 Å². The summed E-state index contributed by atoms with van der Waals surface area (Å²) in [4.78, 5) is 15.4. The van der Waals surface area contributed by atoms with Crippen LogP contribution >= 0.6 is 0 Å². The highest BCUT2D eigenvalue weighted by molar-refractivity contribution is 5.70. The SMILES string of the molecule is CCc1nc(CC)n(Cc2ccccc2CC(=O)O)n1. The first-order valence-corrected chi connectivity index (χ1v) is 6.85. The van der Waals surface area contributed by atoms with Crippen molar-refractivity contribution in [1.29, 1.82) is 0 Å². The zero-order valence-electron chi connectivity index (χ0n) is 11.8. The van der Waals surface area contributed by atoms with Gasteiger partial charge in [-0.25, -0.2) is 9.67 Å². The fourth-order valence-electron chi connectivity index (χ4n) is 2.17. The Labute approximate surface area is 118 Å². The van der Waals surface area contributed by atoms with Gasteiger partial charge in [-0.15, -0.1) is 0 Å². The van der Waals surface area contributed by atoms with Crippen molar-refractivity contribution in [3.63, 3.8) is 0 Å². The summed E-state index contributed by atoms with van der Waals surface area (Å²) in [5.74, 6) is 0.950. The minimum Gasteiger partial charge on any atom is -0.481 e. The van der Waals surface area contributed by atoms with Crippen LogP contribution in [0.15, 0.2) is 24.3 Å². The quantitative estimate of drug-likeness (QED) is 0.875. The Hall–Kier alpha value is -2.17. The van der Waals surface area contributed by atoms with Gasteiger partial charge in [-0.1, -0.05) is 38.1 Å². The second-order valence-electron chi connectivity index (χ2n) is 4.65. The van der Waals surface area contributed by atoms with Crippen LogP contribution in [0.1, 0.15) is 36.6 Å². The Morgan fingerprint density at radius 1 is 1.20 bits per heavy atom. The lowest BCUT2D eigenvalue weighted by atomic mass is 10.0. The Morgan fingerprint density at radius 2 is 1.90 bits per heavy atom. The zero-order valence-corrected chi connectivity index (χ0v) is 11.8. The fraction of sp³-hybridized carbons (Fsp3) is 0.400. The van der Waals surface area contributed by atoms with E-state index in [1.807, 2.05) is 42.8 Å². The van der Waals surface area contributed by atoms with Crippen molar-refractivity contribution in [2.24, 2.45) is 0 Å². The first-order valence-electron chi connectivity index (χ1n) is 6.85. The molecule has 1 heterocycles. The molecular formula is C15H19N3O2. The Balaban J connectivity index is 2.29. The predicted molar refractivity (Wildman–Crippen MR) is 75.7 cm³/mol. The number of carboxylic acids is 1. The van der Waals surface area contributed by atoms with Gasteiger partial charge < -0.3 is 5.11 Å². The molecule has 0 aliphatic carbocycles. The van der Waals surface area contributed by atoms with E-state index in [0.29, 0.717) is 6.54 Å². The number of carboxylic acid groups (broad SMARTS) is 1. The van der Waals surface area contributed by atoms with Crippen LogP contribution < -0.4 is 0 Å². The molecule has 0 amide bonds. The summed E-state index contributed by atoms with van der Waals surface area (Å²) >= 11 is 0. The summed E-state index contributed by atoms with van der Waals surface area (Å²) in [6.07, 6.45) is 1.65. The number of aromatic nitrogens is 3. The van der Waals surface area contributed by atoms with Crippen LogP contribution in [0.4, 0.5) is 0 Å². The van der Waals surface area contributed by atoms with Crippen LogP contribution in [0.5, 0.6) is 0 Å². The number of hydrogen-bond acceptors (Lipinski definition) is 3. The molecule has 0 aliphatic rings. The maximum Gasteiger partial charge on any atom is 0.307 e. The predicted octanol–water partition coefficient (Wildman–Crippen LogP) is 2.08. The van der Waals surface area contributed by atoms with Gasteiger partial charge in [0.25, 0.3) is 0 Å². The molecule has 1 aromatic heterocycles. The Kier molecular flexibility index (Phi) is 4.50. The number of benzene rings is 1. The van der Waals surface area contributed by atoms with Gasteiger partial charge in [0.05, 0.1) is 13.0 Å². The highest BCUT2D eigenvalue weighted by Crippen LogP contribution is 2.13. The normalized spacial score (nSPS) is 10.7. The molecule has 0 radical (unpaired) electrons. The first-order chi connectivity index (χ1) is 9.63. The van der Waals surface area contributed by atoms with Gasteiger partial charge in [0.1, 0.15) is 5.82 Å². The summed E-state index contributed by atoms with van der Waals surface area (Å²) in [7, 11) is 0. The molecule has 0 saturated carbocycles. The fourth-order valence-corrected chi connectivity index (χ4v) is 2.17. The third-order valence-corrected chi connectivity index (χ3v) is 3.20. The summed E-state index contributed by atoms with van der Waals surface area (Å²) in [6.45, 7) is 4.64. The van der Waals surface area contributed by atoms with E-state index in [4.69, 9.17) is 5.11 Å². The number of carbonyl (C=O) groups is 1. The number of aryl methyl sites for hydroxylation is 2. The number of nitrogens with zero attached hydrogens (tertiary/aromatic N) is 3. The number of hydrogen-bond donors (Lipinski definition) is 1. The molecule has 1 N–H and O–H groups in total. The Morgan fingerprint density at radius 3 is 2.50 bits per heavy atom. The molecule has 5 heteroatoms. The van der Waals surface area contributed by atoms with Crippen molar-refractivity contribution in [3.05, 3.63) is 47.0 Å². The first kappa shape index (κ1) is 14.2. The molecule has 0 atom stereocenters. The smallest absolute Gasteiger partial charge is 0.307 e. The van der Waals surface area contributed by atoms with Gasteiger partial charge >= 0.3 is 5.97 Å². The Bertz CT molecular complexity index is 605. The van der Waals surface area contributed by atoms with Crippen LogP contribution in [0.2, 0.25) is 0 Å². The monoisotopic (exact) mass is 273 g/mol. The van der Waals surface area contributed by atoms with E-state index in [1.165, 1.54) is 0 Å². The van der Waals surface area contributed by atoms with Crippen molar-refractivity contribution in [2.75, 3.05) is 0 Å². The van der Waals surface area contributed by atoms with Gasteiger partial charge in [0.15, 0.2) is 5.82 Å². The molecule has 0 saturated heterocycles. The van der Waals surface area contributed by atoms with Crippen molar-refractivity contribution < 1.29 is 9.90 Å². The lowest BCUT2D eigenvalue weighted by molar-refractivity contribution is -0.136. The van der Waals surface area contributed by atoms with Crippen LogP contribution in [-0.2, 0) is 30.6 Å². The molecular weight excluding hydrogens is 254 g/mol. The summed E-state index contributed by atoms with van der Waals surface area (Å²) < 4.78 is 1.87. The van der Waals surface area contributed by atoms with Crippen LogP contribution in [-0.4, -0.2) is 25.8 Å². The molecule has 0 spiro atoms. The average molecular weight is 273 g/mol. The third kappa shape index (κ3) is 3.23. The van der Waals surface area contributed by atoms with E-state index in [1.54, 1.807) is 0 Å². The maximum atomic E-state index is 10.9. The molecule has 20 heavy (non-hydrogen) atoms. The second-order valence-corrected chi connectivity index (χ2v) is 4.65. The molecule has 1 aromatic carbocycles. The van der Waals surface area contributed by atoms with Crippen molar-refractivity contribution in [2.45, 2.75) is 39.7 Å². The molecule has 106 valence electrons. The number of rotatable bonds is 6. The molecule has 5 nitrogen and oxygen atoms in total. The molecule has 2 aromatic rings. The lowest BCUT2D eigenvalue weighted by Gasteiger charge is -2.09.